The Hall–Kier alpha value is -1.32. The number of benzene rings is 2. The van der Waals surface area contributed by atoms with Gasteiger partial charge in [-0.25, -0.2) is 0 Å². The number of fused-ring (bicyclic) bond motifs is 1. The zero-order chi connectivity index (χ0) is 13.4. The zero-order valence-electron chi connectivity index (χ0n) is 9.99. The fraction of sp³-hybridized carbons (Fsp3) is 0.133. The molecule has 2 aromatic carbocycles. The Kier molecular flexibility index (Phi) is 3.33. The van der Waals surface area contributed by atoms with Crippen LogP contribution in [0, 0.1) is 0 Å². The fourth-order valence-electron chi connectivity index (χ4n) is 2.31. The average molecular weight is 337 g/mol. The summed E-state index contributed by atoms with van der Waals surface area (Å²) in [6.07, 6.45) is 0.799. The van der Waals surface area contributed by atoms with Gasteiger partial charge in [-0.2, -0.15) is 0 Å². The van der Waals surface area contributed by atoms with E-state index in [1.165, 1.54) is 5.56 Å². The minimum atomic E-state index is -0.0637. The summed E-state index contributed by atoms with van der Waals surface area (Å²) >= 11 is 9.44. The third-order valence-corrected chi connectivity index (χ3v) is 4.18. The van der Waals surface area contributed by atoms with Gasteiger partial charge in [-0.3, -0.25) is 4.79 Å². The van der Waals surface area contributed by atoms with Crippen LogP contribution in [0.1, 0.15) is 17.0 Å². The van der Waals surface area contributed by atoms with Crippen LogP contribution in [-0.4, -0.2) is 5.91 Å². The van der Waals surface area contributed by atoms with Gasteiger partial charge < -0.3 is 5.32 Å². The van der Waals surface area contributed by atoms with E-state index in [2.05, 4.69) is 27.3 Å². The van der Waals surface area contributed by atoms with Gasteiger partial charge in [0.15, 0.2) is 0 Å². The topological polar surface area (TPSA) is 29.1 Å². The molecule has 3 rings (SSSR count). The molecule has 1 amide bonds. The molecule has 1 atom stereocenters. The normalized spacial score (nSPS) is 16.4. The van der Waals surface area contributed by atoms with Crippen molar-refractivity contribution in [1.29, 1.82) is 0 Å². The highest BCUT2D eigenvalue weighted by molar-refractivity contribution is 9.10. The molecule has 0 spiro atoms. The molecule has 0 aliphatic heterocycles. The standard InChI is InChI=1S/C15H11BrClNO/c16-10-5-6-13(17)14(8-10)18-15(19)12-7-9-3-1-2-4-11(9)12/h1-6,8,12H,7H2,(H,18,19). The number of carbonyl (C=O) groups is 1. The van der Waals surface area contributed by atoms with Crippen LogP contribution < -0.4 is 5.32 Å². The summed E-state index contributed by atoms with van der Waals surface area (Å²) in [6, 6.07) is 13.4. The van der Waals surface area contributed by atoms with Gasteiger partial charge in [0, 0.05) is 4.47 Å². The van der Waals surface area contributed by atoms with Crippen molar-refractivity contribution in [2.45, 2.75) is 12.3 Å². The first-order chi connectivity index (χ1) is 9.15. The van der Waals surface area contributed by atoms with Crippen molar-refractivity contribution in [3.63, 3.8) is 0 Å². The van der Waals surface area contributed by atoms with Crippen molar-refractivity contribution in [2.75, 3.05) is 5.32 Å². The summed E-state index contributed by atoms with van der Waals surface area (Å²) in [4.78, 5) is 12.2. The number of hydrogen-bond donors (Lipinski definition) is 1. The maximum Gasteiger partial charge on any atom is 0.232 e. The van der Waals surface area contributed by atoms with Crippen molar-refractivity contribution in [1.82, 2.24) is 0 Å². The molecule has 1 aliphatic carbocycles. The van der Waals surface area contributed by atoms with Crippen LogP contribution in [0.4, 0.5) is 5.69 Å². The maximum atomic E-state index is 12.2. The molecule has 4 heteroatoms. The summed E-state index contributed by atoms with van der Waals surface area (Å²) in [7, 11) is 0. The minimum absolute atomic E-state index is 0.00120. The Balaban J connectivity index is 1.79. The Labute approximate surface area is 124 Å². The summed E-state index contributed by atoms with van der Waals surface area (Å²) in [6.45, 7) is 0. The van der Waals surface area contributed by atoms with Crippen LogP contribution in [-0.2, 0) is 11.2 Å². The van der Waals surface area contributed by atoms with Crippen LogP contribution in [0.2, 0.25) is 5.02 Å². The van der Waals surface area contributed by atoms with E-state index in [0.717, 1.165) is 16.5 Å². The smallest absolute Gasteiger partial charge is 0.232 e. The maximum absolute atomic E-state index is 12.2. The molecular formula is C15H11BrClNO. The second-order valence-corrected chi connectivity index (χ2v) is 5.89. The van der Waals surface area contributed by atoms with Gasteiger partial charge in [0.05, 0.1) is 16.6 Å². The van der Waals surface area contributed by atoms with Crippen LogP contribution >= 0.6 is 27.5 Å². The Morgan fingerprint density at radius 1 is 1.26 bits per heavy atom. The highest BCUT2D eigenvalue weighted by Gasteiger charge is 2.31. The van der Waals surface area contributed by atoms with Crippen LogP contribution in [0.3, 0.4) is 0 Å². The van der Waals surface area contributed by atoms with E-state index in [9.17, 15) is 4.79 Å². The molecule has 1 unspecified atom stereocenters. The molecule has 2 aromatic rings. The quantitative estimate of drug-likeness (QED) is 0.866. The second kappa shape index (κ2) is 4.99. The van der Waals surface area contributed by atoms with Gasteiger partial charge in [-0.1, -0.05) is 51.8 Å². The lowest BCUT2D eigenvalue weighted by Crippen LogP contribution is -2.30. The predicted octanol–water partition coefficient (Wildman–Crippen LogP) is 4.38. The van der Waals surface area contributed by atoms with Crippen molar-refractivity contribution in [3.8, 4) is 0 Å². The summed E-state index contributed by atoms with van der Waals surface area (Å²) in [5.41, 5.74) is 3.01. The first-order valence-corrected chi connectivity index (χ1v) is 7.16. The van der Waals surface area contributed by atoms with Gasteiger partial charge in [-0.05, 0) is 35.7 Å². The highest BCUT2D eigenvalue weighted by Crippen LogP contribution is 2.36. The van der Waals surface area contributed by atoms with E-state index < -0.39 is 0 Å². The molecule has 0 saturated heterocycles. The van der Waals surface area contributed by atoms with Gasteiger partial charge in [0.25, 0.3) is 0 Å². The number of halogens is 2. The van der Waals surface area contributed by atoms with E-state index >= 15 is 0 Å². The zero-order valence-corrected chi connectivity index (χ0v) is 12.3. The first-order valence-electron chi connectivity index (χ1n) is 5.99. The van der Waals surface area contributed by atoms with Gasteiger partial charge in [0.2, 0.25) is 5.91 Å². The monoisotopic (exact) mass is 335 g/mol. The Morgan fingerprint density at radius 3 is 2.84 bits per heavy atom. The predicted molar refractivity (Wildman–Crippen MR) is 80.7 cm³/mol. The molecule has 1 N–H and O–H groups in total. The lowest BCUT2D eigenvalue weighted by Gasteiger charge is -2.29. The largest absolute Gasteiger partial charge is 0.324 e. The summed E-state index contributed by atoms with van der Waals surface area (Å²) < 4.78 is 0.890. The number of amides is 1. The lowest BCUT2D eigenvalue weighted by atomic mass is 9.77. The molecule has 0 aromatic heterocycles. The molecule has 1 aliphatic rings. The number of nitrogens with one attached hydrogen (secondary N) is 1. The average Bonchev–Trinajstić information content (AvgIpc) is 2.35. The molecule has 19 heavy (non-hydrogen) atoms. The van der Waals surface area contributed by atoms with Gasteiger partial charge >= 0.3 is 0 Å². The third-order valence-electron chi connectivity index (χ3n) is 3.36. The van der Waals surface area contributed by atoms with Crippen LogP contribution in [0.15, 0.2) is 46.9 Å². The molecule has 0 radical (unpaired) electrons. The summed E-state index contributed by atoms with van der Waals surface area (Å²) in [5, 5.41) is 3.44. The molecule has 96 valence electrons. The molecular weight excluding hydrogens is 326 g/mol. The fourth-order valence-corrected chi connectivity index (χ4v) is 2.83. The number of anilines is 1. The summed E-state index contributed by atoms with van der Waals surface area (Å²) in [5.74, 6) is -0.0649. The lowest BCUT2D eigenvalue weighted by molar-refractivity contribution is -0.118. The Bertz CT molecular complexity index is 656. The SMILES string of the molecule is O=C(Nc1cc(Br)ccc1Cl)C1Cc2ccccc21. The van der Waals surface area contributed by atoms with Crippen molar-refractivity contribution >= 4 is 39.1 Å². The van der Waals surface area contributed by atoms with E-state index in [0.29, 0.717) is 10.7 Å². The molecule has 0 bridgehead atoms. The molecule has 0 saturated carbocycles. The van der Waals surface area contributed by atoms with E-state index in [-0.39, 0.29) is 11.8 Å². The minimum Gasteiger partial charge on any atom is -0.324 e. The van der Waals surface area contributed by atoms with Crippen molar-refractivity contribution in [3.05, 3.63) is 63.1 Å². The number of hydrogen-bond acceptors (Lipinski definition) is 1. The highest BCUT2D eigenvalue weighted by atomic mass is 79.9. The molecule has 0 heterocycles. The van der Waals surface area contributed by atoms with Gasteiger partial charge in [0.1, 0.15) is 0 Å². The Morgan fingerprint density at radius 2 is 2.05 bits per heavy atom. The van der Waals surface area contributed by atoms with E-state index in [4.69, 9.17) is 11.6 Å². The van der Waals surface area contributed by atoms with E-state index in [1.807, 2.05) is 30.3 Å². The van der Waals surface area contributed by atoms with Gasteiger partial charge in [-0.15, -0.1) is 0 Å². The first kappa shape index (κ1) is 12.7. The second-order valence-electron chi connectivity index (χ2n) is 4.57. The van der Waals surface area contributed by atoms with Crippen molar-refractivity contribution in [2.24, 2.45) is 0 Å². The van der Waals surface area contributed by atoms with Crippen LogP contribution in [0.5, 0.6) is 0 Å². The number of rotatable bonds is 2. The number of carbonyl (C=O) groups excluding carboxylic acids is 1. The van der Waals surface area contributed by atoms with Crippen LogP contribution in [0.25, 0.3) is 0 Å². The van der Waals surface area contributed by atoms with E-state index in [1.54, 1.807) is 6.07 Å². The molecule has 0 fully saturated rings. The third kappa shape index (κ3) is 2.40. The van der Waals surface area contributed by atoms with Crippen molar-refractivity contribution < 1.29 is 4.79 Å². The molecule has 2 nitrogen and oxygen atoms in total.